The van der Waals surface area contributed by atoms with E-state index in [4.69, 9.17) is 10.5 Å². The molecule has 2 heterocycles. The van der Waals surface area contributed by atoms with E-state index in [0.29, 0.717) is 12.4 Å². The third-order valence-corrected chi connectivity index (χ3v) is 3.07. The number of methoxy groups -OCH3 is 1. The number of pyridine rings is 1. The van der Waals surface area contributed by atoms with Crippen LogP contribution in [0.3, 0.4) is 0 Å². The number of esters is 1. The maximum atomic E-state index is 11.6. The summed E-state index contributed by atoms with van der Waals surface area (Å²) in [5, 5.41) is 0. The van der Waals surface area contributed by atoms with Crippen LogP contribution in [0, 0.1) is 0 Å². The van der Waals surface area contributed by atoms with E-state index in [-0.39, 0.29) is 12.0 Å². The predicted octanol–water partition coefficient (Wildman–Crippen LogP) is 0.801. The van der Waals surface area contributed by atoms with Crippen molar-refractivity contribution in [3.63, 3.8) is 0 Å². The summed E-state index contributed by atoms with van der Waals surface area (Å²) in [6.45, 7) is 1.63. The standard InChI is InChI=1S/C12H17N3O2/c1-17-12(16)10-3-2-6-15(10)8-9-4-5-14-11(13)7-9/h4-5,7,10H,2-3,6,8H2,1H3,(H2,13,14). The Morgan fingerprint density at radius 1 is 1.71 bits per heavy atom. The Morgan fingerprint density at radius 3 is 3.24 bits per heavy atom. The summed E-state index contributed by atoms with van der Waals surface area (Å²) >= 11 is 0. The average Bonchev–Trinajstić information content (AvgIpc) is 2.76. The quantitative estimate of drug-likeness (QED) is 0.785. The highest BCUT2D eigenvalue weighted by molar-refractivity contribution is 5.75. The number of nitrogen functional groups attached to an aromatic ring is 1. The van der Waals surface area contributed by atoms with Crippen LogP contribution in [-0.2, 0) is 16.1 Å². The smallest absolute Gasteiger partial charge is 0.323 e. The Hall–Kier alpha value is -1.62. The molecule has 0 aliphatic carbocycles. The fourth-order valence-electron chi connectivity index (χ4n) is 2.25. The van der Waals surface area contributed by atoms with Crippen molar-refractivity contribution in [2.75, 3.05) is 19.4 Å². The monoisotopic (exact) mass is 235 g/mol. The van der Waals surface area contributed by atoms with Gasteiger partial charge in [-0.05, 0) is 37.1 Å². The first-order valence-electron chi connectivity index (χ1n) is 5.73. The third-order valence-electron chi connectivity index (χ3n) is 3.07. The van der Waals surface area contributed by atoms with Crippen molar-refractivity contribution in [2.45, 2.75) is 25.4 Å². The zero-order valence-corrected chi connectivity index (χ0v) is 9.93. The molecule has 0 bridgehead atoms. The van der Waals surface area contributed by atoms with Crippen LogP contribution < -0.4 is 5.73 Å². The molecular weight excluding hydrogens is 218 g/mol. The fourth-order valence-corrected chi connectivity index (χ4v) is 2.25. The van der Waals surface area contributed by atoms with Crippen LogP contribution in [-0.4, -0.2) is 35.5 Å². The molecule has 1 aliphatic heterocycles. The first-order valence-corrected chi connectivity index (χ1v) is 5.73. The van der Waals surface area contributed by atoms with Crippen molar-refractivity contribution in [1.82, 2.24) is 9.88 Å². The summed E-state index contributed by atoms with van der Waals surface area (Å²) in [5.74, 6) is 0.362. The van der Waals surface area contributed by atoms with Crippen molar-refractivity contribution < 1.29 is 9.53 Å². The predicted molar refractivity (Wildman–Crippen MR) is 64.1 cm³/mol. The maximum Gasteiger partial charge on any atom is 0.323 e. The molecule has 1 fully saturated rings. The van der Waals surface area contributed by atoms with Crippen molar-refractivity contribution in [3.8, 4) is 0 Å². The molecule has 17 heavy (non-hydrogen) atoms. The second-order valence-corrected chi connectivity index (χ2v) is 4.24. The number of carbonyl (C=O) groups excluding carboxylic acids is 1. The number of ether oxygens (including phenoxy) is 1. The number of hydrogen-bond donors (Lipinski definition) is 1. The molecule has 1 saturated heterocycles. The van der Waals surface area contributed by atoms with Crippen LogP contribution in [0.2, 0.25) is 0 Å². The molecule has 0 aromatic carbocycles. The van der Waals surface area contributed by atoms with Gasteiger partial charge in [0.15, 0.2) is 0 Å². The molecule has 1 aliphatic rings. The van der Waals surface area contributed by atoms with Gasteiger partial charge in [0, 0.05) is 12.7 Å². The van der Waals surface area contributed by atoms with Gasteiger partial charge < -0.3 is 10.5 Å². The number of nitrogens with two attached hydrogens (primary N) is 1. The zero-order valence-electron chi connectivity index (χ0n) is 9.93. The molecule has 1 aromatic rings. The van der Waals surface area contributed by atoms with Crippen LogP contribution >= 0.6 is 0 Å². The summed E-state index contributed by atoms with van der Waals surface area (Å²) < 4.78 is 4.81. The Labute approximate surface area is 101 Å². The number of hydrogen-bond acceptors (Lipinski definition) is 5. The van der Waals surface area contributed by atoms with Crippen molar-refractivity contribution in [3.05, 3.63) is 23.9 Å². The molecule has 2 rings (SSSR count). The molecule has 0 amide bonds. The van der Waals surface area contributed by atoms with E-state index in [9.17, 15) is 4.79 Å². The van der Waals surface area contributed by atoms with Crippen molar-refractivity contribution >= 4 is 11.8 Å². The van der Waals surface area contributed by atoms with Crippen LogP contribution in [0.1, 0.15) is 18.4 Å². The molecule has 1 unspecified atom stereocenters. The molecule has 5 nitrogen and oxygen atoms in total. The Bertz CT molecular complexity index is 408. The molecule has 0 radical (unpaired) electrons. The first kappa shape index (κ1) is 11.9. The maximum absolute atomic E-state index is 11.6. The fraction of sp³-hybridized carbons (Fsp3) is 0.500. The summed E-state index contributed by atoms with van der Waals surface area (Å²) in [6, 6.07) is 3.64. The highest BCUT2D eigenvalue weighted by Crippen LogP contribution is 2.21. The molecule has 0 spiro atoms. The van der Waals surface area contributed by atoms with Gasteiger partial charge in [0.2, 0.25) is 0 Å². The van der Waals surface area contributed by atoms with Gasteiger partial charge >= 0.3 is 5.97 Å². The molecule has 0 saturated carbocycles. The van der Waals surface area contributed by atoms with E-state index in [1.807, 2.05) is 12.1 Å². The van der Waals surface area contributed by atoms with Gasteiger partial charge in [-0.25, -0.2) is 4.98 Å². The lowest BCUT2D eigenvalue weighted by atomic mass is 10.2. The van der Waals surface area contributed by atoms with Crippen molar-refractivity contribution in [2.24, 2.45) is 0 Å². The van der Waals surface area contributed by atoms with Gasteiger partial charge in [0.25, 0.3) is 0 Å². The van der Waals surface area contributed by atoms with Crippen LogP contribution in [0.5, 0.6) is 0 Å². The molecular formula is C12H17N3O2. The molecule has 5 heteroatoms. The number of rotatable bonds is 3. The number of anilines is 1. The van der Waals surface area contributed by atoms with E-state index in [0.717, 1.165) is 24.9 Å². The number of nitrogens with zero attached hydrogens (tertiary/aromatic N) is 2. The van der Waals surface area contributed by atoms with E-state index < -0.39 is 0 Å². The zero-order chi connectivity index (χ0) is 12.3. The average molecular weight is 235 g/mol. The normalized spacial score (nSPS) is 20.4. The first-order chi connectivity index (χ1) is 8.20. The number of aromatic nitrogens is 1. The van der Waals surface area contributed by atoms with E-state index >= 15 is 0 Å². The summed E-state index contributed by atoms with van der Waals surface area (Å²) in [7, 11) is 1.43. The second kappa shape index (κ2) is 5.14. The number of likely N-dealkylation sites (tertiary alicyclic amines) is 1. The summed E-state index contributed by atoms with van der Waals surface area (Å²) in [4.78, 5) is 17.7. The SMILES string of the molecule is COC(=O)C1CCCN1Cc1ccnc(N)c1. The molecule has 92 valence electrons. The van der Waals surface area contributed by atoms with Crippen LogP contribution in [0.25, 0.3) is 0 Å². The largest absolute Gasteiger partial charge is 0.468 e. The van der Waals surface area contributed by atoms with E-state index in [1.54, 1.807) is 6.20 Å². The molecule has 1 aromatic heterocycles. The second-order valence-electron chi connectivity index (χ2n) is 4.24. The topological polar surface area (TPSA) is 68.5 Å². The van der Waals surface area contributed by atoms with Gasteiger partial charge in [0.1, 0.15) is 11.9 Å². The minimum absolute atomic E-state index is 0.116. The highest BCUT2D eigenvalue weighted by Gasteiger charge is 2.31. The van der Waals surface area contributed by atoms with Crippen LogP contribution in [0.15, 0.2) is 18.3 Å². The van der Waals surface area contributed by atoms with Gasteiger partial charge in [-0.2, -0.15) is 0 Å². The van der Waals surface area contributed by atoms with Gasteiger partial charge in [-0.1, -0.05) is 0 Å². The summed E-state index contributed by atoms with van der Waals surface area (Å²) in [6.07, 6.45) is 3.58. The van der Waals surface area contributed by atoms with Crippen LogP contribution in [0.4, 0.5) is 5.82 Å². The van der Waals surface area contributed by atoms with Gasteiger partial charge in [-0.15, -0.1) is 0 Å². The minimum Gasteiger partial charge on any atom is -0.468 e. The minimum atomic E-state index is -0.149. The molecule has 2 N–H and O–H groups in total. The lowest BCUT2D eigenvalue weighted by Gasteiger charge is -2.22. The summed E-state index contributed by atoms with van der Waals surface area (Å²) in [5.41, 5.74) is 6.71. The lowest BCUT2D eigenvalue weighted by Crippen LogP contribution is -2.36. The molecule has 1 atom stereocenters. The third kappa shape index (κ3) is 2.74. The Kier molecular flexibility index (Phi) is 3.58. The highest BCUT2D eigenvalue weighted by atomic mass is 16.5. The Balaban J connectivity index is 2.05. The number of carbonyl (C=O) groups is 1. The van der Waals surface area contributed by atoms with E-state index in [2.05, 4.69) is 9.88 Å². The van der Waals surface area contributed by atoms with E-state index in [1.165, 1.54) is 7.11 Å². The van der Waals surface area contributed by atoms with Gasteiger partial charge in [-0.3, -0.25) is 9.69 Å². The Morgan fingerprint density at radius 2 is 2.53 bits per heavy atom. The lowest BCUT2D eigenvalue weighted by molar-refractivity contribution is -0.146. The van der Waals surface area contributed by atoms with Gasteiger partial charge in [0.05, 0.1) is 7.11 Å². The van der Waals surface area contributed by atoms with Crippen molar-refractivity contribution in [1.29, 1.82) is 0 Å².